The number of hydrogen-bond donors (Lipinski definition) is 1. The van der Waals surface area contributed by atoms with Crippen LogP contribution in [0.2, 0.25) is 0 Å². The number of ketones is 1. The first-order valence-corrected chi connectivity index (χ1v) is 10.1. The summed E-state index contributed by atoms with van der Waals surface area (Å²) in [6.45, 7) is 9.38. The summed E-state index contributed by atoms with van der Waals surface area (Å²) in [4.78, 5) is 28.5. The number of anilines is 2. The van der Waals surface area contributed by atoms with Gasteiger partial charge in [0, 0.05) is 37.4 Å². The number of piperazine rings is 1. The van der Waals surface area contributed by atoms with Gasteiger partial charge in [-0.15, -0.1) is 0 Å². The van der Waals surface area contributed by atoms with E-state index in [0.717, 1.165) is 37.6 Å². The van der Waals surface area contributed by atoms with E-state index in [9.17, 15) is 9.59 Å². The van der Waals surface area contributed by atoms with Crippen LogP contribution in [0.25, 0.3) is 0 Å². The van der Waals surface area contributed by atoms with E-state index in [0.29, 0.717) is 17.9 Å². The number of nitrogens with one attached hydrogen (secondary N) is 1. The number of benzene rings is 2. The molecule has 0 unspecified atom stereocenters. The van der Waals surface area contributed by atoms with E-state index in [4.69, 9.17) is 4.74 Å². The van der Waals surface area contributed by atoms with Gasteiger partial charge in [-0.05, 0) is 57.2 Å². The molecule has 1 fully saturated rings. The number of amides is 1. The molecule has 1 heterocycles. The Labute approximate surface area is 172 Å². The summed E-state index contributed by atoms with van der Waals surface area (Å²) in [7, 11) is 0. The van der Waals surface area contributed by atoms with Gasteiger partial charge in [0.25, 0.3) is 0 Å². The molecule has 154 valence electrons. The highest BCUT2D eigenvalue weighted by atomic mass is 16.5. The molecule has 0 aliphatic carbocycles. The Hall–Kier alpha value is -2.86. The lowest BCUT2D eigenvalue weighted by molar-refractivity contribution is -0.120. The van der Waals surface area contributed by atoms with Gasteiger partial charge < -0.3 is 15.0 Å². The van der Waals surface area contributed by atoms with Crippen molar-refractivity contribution in [3.8, 4) is 5.75 Å². The molecule has 0 saturated carbocycles. The van der Waals surface area contributed by atoms with Crippen molar-refractivity contribution in [3.63, 3.8) is 0 Å². The predicted molar refractivity (Wildman–Crippen MR) is 116 cm³/mol. The van der Waals surface area contributed by atoms with Crippen molar-refractivity contribution in [2.75, 3.05) is 43.0 Å². The maximum absolute atomic E-state index is 12.7. The van der Waals surface area contributed by atoms with Crippen LogP contribution < -0.4 is 15.0 Å². The van der Waals surface area contributed by atoms with E-state index >= 15 is 0 Å². The molecule has 3 rings (SSSR count). The number of nitrogens with zero attached hydrogens (tertiary/aromatic N) is 2. The molecule has 0 bridgehead atoms. The molecule has 1 amide bonds. The second-order valence-corrected chi connectivity index (χ2v) is 7.22. The van der Waals surface area contributed by atoms with Crippen molar-refractivity contribution in [2.45, 2.75) is 26.8 Å². The summed E-state index contributed by atoms with van der Waals surface area (Å²) in [5.74, 6) is 0.881. The number of Topliss-reactive ketones (excluding diaryl/α,β-unsaturated/α-hetero) is 1. The van der Waals surface area contributed by atoms with E-state index in [2.05, 4.69) is 21.2 Å². The van der Waals surface area contributed by atoms with Crippen LogP contribution >= 0.6 is 0 Å². The number of rotatable bonds is 7. The third-order valence-corrected chi connectivity index (χ3v) is 5.31. The molecule has 0 aromatic heterocycles. The molecule has 2 aromatic carbocycles. The van der Waals surface area contributed by atoms with E-state index in [1.165, 1.54) is 6.92 Å². The standard InChI is InChI=1S/C23H29N3O3/c1-4-29-22-8-6-5-7-21(22)26-15-13-25(14-16-26)17(2)23(28)24-20-11-9-19(10-12-20)18(3)27/h5-12,17H,4,13-16H2,1-3H3,(H,24,28)/t17-/m0/s1. The van der Waals surface area contributed by atoms with Crippen molar-refractivity contribution in [2.24, 2.45) is 0 Å². The molecule has 1 aliphatic rings. The second kappa shape index (κ2) is 9.56. The molecular formula is C23H29N3O3. The largest absolute Gasteiger partial charge is 0.492 e. The smallest absolute Gasteiger partial charge is 0.241 e. The highest BCUT2D eigenvalue weighted by Crippen LogP contribution is 2.29. The van der Waals surface area contributed by atoms with Crippen LogP contribution in [0.1, 0.15) is 31.1 Å². The highest BCUT2D eigenvalue weighted by Gasteiger charge is 2.26. The highest BCUT2D eigenvalue weighted by molar-refractivity contribution is 5.97. The Morgan fingerprint density at radius 1 is 1.03 bits per heavy atom. The molecule has 2 aromatic rings. The van der Waals surface area contributed by atoms with Gasteiger partial charge in [0.15, 0.2) is 5.78 Å². The number of hydrogen-bond acceptors (Lipinski definition) is 5. The minimum atomic E-state index is -0.230. The molecule has 6 nitrogen and oxygen atoms in total. The Morgan fingerprint density at radius 2 is 1.69 bits per heavy atom. The molecule has 1 saturated heterocycles. The molecular weight excluding hydrogens is 366 g/mol. The fourth-order valence-electron chi connectivity index (χ4n) is 3.55. The van der Waals surface area contributed by atoms with Crippen molar-refractivity contribution in [3.05, 3.63) is 54.1 Å². The first kappa shape index (κ1) is 20.9. The Balaban J connectivity index is 1.56. The van der Waals surface area contributed by atoms with Crippen molar-refractivity contribution >= 4 is 23.1 Å². The Morgan fingerprint density at radius 3 is 2.31 bits per heavy atom. The summed E-state index contributed by atoms with van der Waals surface area (Å²) in [5.41, 5.74) is 2.45. The normalized spacial score (nSPS) is 15.6. The fraction of sp³-hybridized carbons (Fsp3) is 0.391. The van der Waals surface area contributed by atoms with Crippen molar-refractivity contribution in [1.29, 1.82) is 0 Å². The first-order valence-electron chi connectivity index (χ1n) is 10.1. The van der Waals surface area contributed by atoms with Gasteiger partial charge in [0.05, 0.1) is 18.3 Å². The maximum Gasteiger partial charge on any atom is 0.241 e. The third-order valence-electron chi connectivity index (χ3n) is 5.31. The van der Waals surface area contributed by atoms with Gasteiger partial charge in [0.1, 0.15) is 5.75 Å². The lowest BCUT2D eigenvalue weighted by Crippen LogP contribution is -2.52. The Kier molecular flexibility index (Phi) is 6.88. The Bertz CT molecular complexity index is 843. The fourth-order valence-corrected chi connectivity index (χ4v) is 3.55. The topological polar surface area (TPSA) is 61.9 Å². The first-order chi connectivity index (χ1) is 14.0. The SMILES string of the molecule is CCOc1ccccc1N1CCN([C@@H](C)C(=O)Nc2ccc(C(C)=O)cc2)CC1. The lowest BCUT2D eigenvalue weighted by Gasteiger charge is -2.39. The minimum Gasteiger partial charge on any atom is -0.492 e. The molecule has 0 spiro atoms. The van der Waals surface area contributed by atoms with Crippen LogP contribution in [0.3, 0.4) is 0 Å². The van der Waals surface area contributed by atoms with Crippen LogP contribution in [0.4, 0.5) is 11.4 Å². The van der Waals surface area contributed by atoms with Crippen molar-refractivity contribution in [1.82, 2.24) is 4.90 Å². The van der Waals surface area contributed by atoms with E-state index in [1.807, 2.05) is 32.0 Å². The molecule has 1 aliphatic heterocycles. The predicted octanol–water partition coefficient (Wildman–Crippen LogP) is 3.44. The van der Waals surface area contributed by atoms with Gasteiger partial charge in [-0.25, -0.2) is 0 Å². The molecule has 1 N–H and O–H groups in total. The van der Waals surface area contributed by atoms with Crippen LogP contribution in [-0.4, -0.2) is 55.4 Å². The quantitative estimate of drug-likeness (QED) is 0.728. The molecule has 0 radical (unpaired) electrons. The third kappa shape index (κ3) is 5.15. The summed E-state index contributed by atoms with van der Waals surface area (Å²) in [5, 5.41) is 2.95. The zero-order valence-electron chi connectivity index (χ0n) is 17.4. The monoisotopic (exact) mass is 395 g/mol. The van der Waals surface area contributed by atoms with E-state index in [1.54, 1.807) is 24.3 Å². The zero-order chi connectivity index (χ0) is 20.8. The van der Waals surface area contributed by atoms with Crippen LogP contribution in [0.5, 0.6) is 5.75 Å². The van der Waals surface area contributed by atoms with E-state index < -0.39 is 0 Å². The summed E-state index contributed by atoms with van der Waals surface area (Å²) in [6, 6.07) is 14.9. The van der Waals surface area contributed by atoms with Crippen LogP contribution in [0.15, 0.2) is 48.5 Å². The maximum atomic E-state index is 12.7. The summed E-state index contributed by atoms with van der Waals surface area (Å²) < 4.78 is 5.75. The number of carbonyl (C=O) groups is 2. The molecule has 1 atom stereocenters. The van der Waals surface area contributed by atoms with Crippen LogP contribution in [0, 0.1) is 0 Å². The van der Waals surface area contributed by atoms with Gasteiger partial charge >= 0.3 is 0 Å². The van der Waals surface area contributed by atoms with Gasteiger partial charge in [0.2, 0.25) is 5.91 Å². The minimum absolute atomic E-state index is 0.0139. The molecule has 29 heavy (non-hydrogen) atoms. The summed E-state index contributed by atoms with van der Waals surface area (Å²) >= 11 is 0. The number of carbonyl (C=O) groups excluding carboxylic acids is 2. The average molecular weight is 396 g/mol. The van der Waals surface area contributed by atoms with Gasteiger partial charge in [-0.1, -0.05) is 12.1 Å². The number of ether oxygens (including phenoxy) is 1. The van der Waals surface area contributed by atoms with Gasteiger partial charge in [-0.3, -0.25) is 14.5 Å². The second-order valence-electron chi connectivity index (χ2n) is 7.22. The average Bonchev–Trinajstić information content (AvgIpc) is 2.74. The number of para-hydroxylation sites is 2. The van der Waals surface area contributed by atoms with Crippen molar-refractivity contribution < 1.29 is 14.3 Å². The van der Waals surface area contributed by atoms with E-state index in [-0.39, 0.29) is 17.7 Å². The summed E-state index contributed by atoms with van der Waals surface area (Å²) in [6.07, 6.45) is 0. The lowest BCUT2D eigenvalue weighted by atomic mass is 10.1. The van der Waals surface area contributed by atoms with Crippen LogP contribution in [-0.2, 0) is 4.79 Å². The zero-order valence-corrected chi connectivity index (χ0v) is 17.4. The van der Waals surface area contributed by atoms with Gasteiger partial charge in [-0.2, -0.15) is 0 Å². The molecule has 6 heteroatoms.